The maximum absolute atomic E-state index is 11.2. The molecule has 0 bridgehead atoms. The lowest BCUT2D eigenvalue weighted by molar-refractivity contribution is -0.142. The van der Waals surface area contributed by atoms with Crippen molar-refractivity contribution in [3.8, 4) is 0 Å². The highest BCUT2D eigenvalue weighted by molar-refractivity contribution is 6.19. The predicted octanol–water partition coefficient (Wildman–Crippen LogP) is 3.04. The van der Waals surface area contributed by atoms with Gasteiger partial charge in [0.2, 0.25) is 0 Å². The van der Waals surface area contributed by atoms with Crippen LogP contribution in [0.3, 0.4) is 0 Å². The number of allylic oxidation sites excluding steroid dienone is 1. The summed E-state index contributed by atoms with van der Waals surface area (Å²) in [5, 5.41) is 0. The predicted molar refractivity (Wildman–Crippen MR) is 66.5 cm³/mol. The summed E-state index contributed by atoms with van der Waals surface area (Å²) in [6.45, 7) is 2.23. The number of esters is 1. The van der Waals surface area contributed by atoms with Crippen LogP contribution in [0.25, 0.3) is 6.08 Å². The van der Waals surface area contributed by atoms with E-state index in [-0.39, 0.29) is 5.97 Å². The lowest BCUT2D eigenvalue weighted by atomic mass is 10.1. The lowest BCUT2D eigenvalue weighted by Gasteiger charge is -2.02. The molecule has 1 rings (SSSR count). The van der Waals surface area contributed by atoms with Crippen LogP contribution in [0.4, 0.5) is 0 Å². The number of ether oxygens (including phenoxy) is 1. The average Bonchev–Trinajstić information content (AvgIpc) is 2.28. The lowest BCUT2D eigenvalue weighted by Crippen LogP contribution is -2.07. The summed E-state index contributed by atoms with van der Waals surface area (Å²) in [6.07, 6.45) is 4.15. The molecule has 0 spiro atoms. The molecule has 0 radical (unpaired) electrons. The molecular weight excluding hydrogens is 224 g/mol. The van der Waals surface area contributed by atoms with E-state index in [1.165, 1.54) is 0 Å². The van der Waals surface area contributed by atoms with E-state index in [0.717, 1.165) is 11.1 Å². The van der Waals surface area contributed by atoms with Crippen LogP contribution in [-0.4, -0.2) is 18.5 Å². The van der Waals surface area contributed by atoms with Gasteiger partial charge in [-0.2, -0.15) is 0 Å². The Hall–Kier alpha value is -1.28. The fraction of sp³-hybridized carbons (Fsp3) is 0.308. The van der Waals surface area contributed by atoms with E-state index in [0.29, 0.717) is 18.9 Å². The molecule has 0 fully saturated rings. The molecule has 0 saturated heterocycles. The van der Waals surface area contributed by atoms with Crippen LogP contribution >= 0.6 is 11.6 Å². The monoisotopic (exact) mass is 238 g/mol. The fourth-order valence-electron chi connectivity index (χ4n) is 1.31. The molecule has 0 aromatic heterocycles. The molecule has 0 aliphatic rings. The average molecular weight is 239 g/mol. The molecule has 3 heteroatoms. The van der Waals surface area contributed by atoms with Crippen molar-refractivity contribution in [2.45, 2.75) is 13.3 Å². The van der Waals surface area contributed by atoms with Gasteiger partial charge in [0.15, 0.2) is 0 Å². The summed E-state index contributed by atoms with van der Waals surface area (Å²) in [6, 6.07) is 7.75. The topological polar surface area (TPSA) is 26.3 Å². The Morgan fingerprint density at radius 2 is 2.06 bits per heavy atom. The largest absolute Gasteiger partial charge is 0.466 e. The Bertz CT molecular complexity index is 355. The number of carbonyl (C=O) groups is 1. The Balaban J connectivity index is 2.57. The molecule has 0 aliphatic carbocycles. The summed E-state index contributed by atoms with van der Waals surface area (Å²) in [4.78, 5) is 11.2. The standard InChI is InChI=1S/C13H15ClO2/c1-2-16-13(15)10-12-7-5-11(6-8-12)4-3-9-14/h3-8H,2,9-10H2,1H3. The number of hydrogen-bond acceptors (Lipinski definition) is 2. The van der Waals surface area contributed by atoms with E-state index < -0.39 is 0 Å². The van der Waals surface area contributed by atoms with Crippen LogP contribution in [0.2, 0.25) is 0 Å². The molecule has 0 atom stereocenters. The molecule has 0 heterocycles. The molecule has 1 aromatic rings. The van der Waals surface area contributed by atoms with E-state index in [2.05, 4.69) is 0 Å². The Labute approximate surface area is 101 Å². The second-order valence-electron chi connectivity index (χ2n) is 3.28. The molecular formula is C13H15ClO2. The van der Waals surface area contributed by atoms with Crippen molar-refractivity contribution < 1.29 is 9.53 Å². The number of hydrogen-bond donors (Lipinski definition) is 0. The summed E-state index contributed by atoms with van der Waals surface area (Å²) in [7, 11) is 0. The quantitative estimate of drug-likeness (QED) is 0.582. The summed E-state index contributed by atoms with van der Waals surface area (Å²) < 4.78 is 4.87. The summed E-state index contributed by atoms with van der Waals surface area (Å²) in [5.41, 5.74) is 2.04. The molecule has 0 N–H and O–H groups in total. The van der Waals surface area contributed by atoms with Gasteiger partial charge in [0.05, 0.1) is 13.0 Å². The molecule has 2 nitrogen and oxygen atoms in total. The maximum atomic E-state index is 11.2. The minimum Gasteiger partial charge on any atom is -0.466 e. The third kappa shape index (κ3) is 4.49. The second kappa shape index (κ2) is 7.07. The smallest absolute Gasteiger partial charge is 0.310 e. The van der Waals surface area contributed by atoms with Crippen LogP contribution in [0.15, 0.2) is 30.3 Å². The molecule has 0 aliphatic heterocycles. The van der Waals surface area contributed by atoms with Crippen LogP contribution in [-0.2, 0) is 16.0 Å². The van der Waals surface area contributed by atoms with Gasteiger partial charge in [-0.3, -0.25) is 4.79 Å². The molecule has 0 saturated carbocycles. The van der Waals surface area contributed by atoms with E-state index in [9.17, 15) is 4.79 Å². The van der Waals surface area contributed by atoms with Gasteiger partial charge >= 0.3 is 5.97 Å². The van der Waals surface area contributed by atoms with Crippen LogP contribution in [0, 0.1) is 0 Å². The van der Waals surface area contributed by atoms with Gasteiger partial charge in [-0.25, -0.2) is 0 Å². The molecule has 86 valence electrons. The van der Waals surface area contributed by atoms with Crippen molar-refractivity contribution in [1.82, 2.24) is 0 Å². The minimum absolute atomic E-state index is 0.188. The maximum Gasteiger partial charge on any atom is 0.310 e. The van der Waals surface area contributed by atoms with Crippen molar-refractivity contribution in [2.75, 3.05) is 12.5 Å². The van der Waals surface area contributed by atoms with Gasteiger partial charge in [-0.15, -0.1) is 11.6 Å². The van der Waals surface area contributed by atoms with Crippen LogP contribution in [0.5, 0.6) is 0 Å². The van der Waals surface area contributed by atoms with Gasteiger partial charge in [-0.05, 0) is 18.1 Å². The van der Waals surface area contributed by atoms with E-state index >= 15 is 0 Å². The summed E-state index contributed by atoms with van der Waals surface area (Å²) in [5.74, 6) is 0.316. The molecule has 0 unspecified atom stereocenters. The van der Waals surface area contributed by atoms with Crippen molar-refractivity contribution in [1.29, 1.82) is 0 Å². The SMILES string of the molecule is CCOC(=O)Cc1ccc(C=CCCl)cc1. The van der Waals surface area contributed by atoms with E-state index in [4.69, 9.17) is 16.3 Å². The van der Waals surface area contributed by atoms with Crippen molar-refractivity contribution in [2.24, 2.45) is 0 Å². The number of benzene rings is 1. The highest BCUT2D eigenvalue weighted by Gasteiger charge is 2.02. The van der Waals surface area contributed by atoms with Gasteiger partial charge in [-0.1, -0.05) is 36.4 Å². The third-order valence-electron chi connectivity index (χ3n) is 2.03. The number of rotatable bonds is 5. The first-order valence-electron chi connectivity index (χ1n) is 5.23. The van der Waals surface area contributed by atoms with Gasteiger partial charge in [0, 0.05) is 5.88 Å². The zero-order valence-corrected chi connectivity index (χ0v) is 10.0. The Morgan fingerprint density at radius 3 is 2.62 bits per heavy atom. The molecule has 1 aromatic carbocycles. The summed E-state index contributed by atoms with van der Waals surface area (Å²) >= 11 is 5.54. The Kier molecular flexibility index (Phi) is 5.65. The first-order chi connectivity index (χ1) is 7.76. The fourth-order valence-corrected chi connectivity index (χ4v) is 1.39. The van der Waals surface area contributed by atoms with Gasteiger partial charge < -0.3 is 4.74 Å². The molecule has 16 heavy (non-hydrogen) atoms. The van der Waals surface area contributed by atoms with Gasteiger partial charge in [0.1, 0.15) is 0 Å². The van der Waals surface area contributed by atoms with Crippen LogP contribution < -0.4 is 0 Å². The van der Waals surface area contributed by atoms with E-state index in [1.54, 1.807) is 6.92 Å². The van der Waals surface area contributed by atoms with Crippen LogP contribution in [0.1, 0.15) is 18.1 Å². The highest BCUT2D eigenvalue weighted by atomic mass is 35.5. The highest BCUT2D eigenvalue weighted by Crippen LogP contribution is 2.07. The minimum atomic E-state index is -0.188. The normalized spacial score (nSPS) is 10.6. The molecule has 0 amide bonds. The van der Waals surface area contributed by atoms with Gasteiger partial charge in [0.25, 0.3) is 0 Å². The van der Waals surface area contributed by atoms with Crippen molar-refractivity contribution >= 4 is 23.6 Å². The number of carbonyl (C=O) groups excluding carboxylic acids is 1. The number of halogens is 1. The van der Waals surface area contributed by atoms with Crippen molar-refractivity contribution in [3.05, 3.63) is 41.5 Å². The zero-order valence-electron chi connectivity index (χ0n) is 9.28. The Morgan fingerprint density at radius 1 is 1.38 bits per heavy atom. The second-order valence-corrected chi connectivity index (χ2v) is 3.59. The first-order valence-corrected chi connectivity index (χ1v) is 5.76. The van der Waals surface area contributed by atoms with E-state index in [1.807, 2.05) is 36.4 Å². The van der Waals surface area contributed by atoms with Crippen molar-refractivity contribution in [3.63, 3.8) is 0 Å². The third-order valence-corrected chi connectivity index (χ3v) is 2.21. The first kappa shape index (κ1) is 12.8. The zero-order chi connectivity index (χ0) is 11.8. The number of alkyl halides is 1.